The Morgan fingerprint density at radius 1 is 1.22 bits per heavy atom. The van der Waals surface area contributed by atoms with Gasteiger partial charge in [0.05, 0.1) is 0 Å². The van der Waals surface area contributed by atoms with Crippen molar-refractivity contribution in [1.29, 1.82) is 0 Å². The molecule has 1 aliphatic heterocycles. The topological polar surface area (TPSA) is 49.4 Å². The summed E-state index contributed by atoms with van der Waals surface area (Å²) >= 11 is 3.41. The third-order valence-electron chi connectivity index (χ3n) is 3.96. The molecular weight excluding hydrogens is 356 g/mol. The van der Waals surface area contributed by atoms with Crippen LogP contribution in [-0.2, 0) is 9.59 Å². The fourth-order valence-electron chi connectivity index (χ4n) is 2.69. The van der Waals surface area contributed by atoms with Crippen LogP contribution in [0.15, 0.2) is 53.0 Å². The highest BCUT2D eigenvalue weighted by atomic mass is 79.9. The summed E-state index contributed by atoms with van der Waals surface area (Å²) in [6.07, 6.45) is 0.531. The van der Waals surface area contributed by atoms with E-state index >= 15 is 0 Å². The van der Waals surface area contributed by atoms with Gasteiger partial charge < -0.3 is 10.2 Å². The van der Waals surface area contributed by atoms with Crippen molar-refractivity contribution in [3.63, 3.8) is 0 Å². The second-order valence-corrected chi connectivity index (χ2v) is 6.58. The SMILES string of the molecule is Cc1ccc(NC(=O)[C@H]2CCN(c3cccc(Br)c3)C2=O)cc1. The van der Waals surface area contributed by atoms with E-state index in [-0.39, 0.29) is 11.8 Å². The molecule has 0 radical (unpaired) electrons. The van der Waals surface area contributed by atoms with Crippen LogP contribution in [0.3, 0.4) is 0 Å². The molecule has 2 amide bonds. The minimum atomic E-state index is -0.629. The van der Waals surface area contributed by atoms with Gasteiger partial charge in [0.25, 0.3) is 0 Å². The molecule has 0 aromatic heterocycles. The standard InChI is InChI=1S/C18H17BrN2O2/c1-12-5-7-14(8-6-12)20-17(22)16-9-10-21(18(16)23)15-4-2-3-13(19)11-15/h2-8,11,16H,9-10H2,1H3,(H,20,22)/t16-/m1/s1. The van der Waals surface area contributed by atoms with Gasteiger partial charge in [0.1, 0.15) is 5.92 Å². The Bertz CT molecular complexity index is 743. The number of hydrogen-bond donors (Lipinski definition) is 1. The molecule has 0 saturated carbocycles. The number of benzene rings is 2. The first-order chi connectivity index (χ1) is 11.0. The van der Waals surface area contributed by atoms with E-state index in [1.165, 1.54) is 0 Å². The smallest absolute Gasteiger partial charge is 0.239 e. The number of carbonyl (C=O) groups is 2. The minimum absolute atomic E-state index is 0.146. The molecule has 1 fully saturated rings. The lowest BCUT2D eigenvalue weighted by Gasteiger charge is -2.17. The van der Waals surface area contributed by atoms with Crippen LogP contribution in [0.2, 0.25) is 0 Å². The van der Waals surface area contributed by atoms with Gasteiger partial charge in [-0.1, -0.05) is 39.7 Å². The van der Waals surface area contributed by atoms with Crippen LogP contribution in [0.5, 0.6) is 0 Å². The molecule has 2 aromatic carbocycles. The first kappa shape index (κ1) is 15.7. The van der Waals surface area contributed by atoms with E-state index in [0.29, 0.717) is 18.7 Å². The molecule has 1 saturated heterocycles. The second-order valence-electron chi connectivity index (χ2n) is 5.67. The Kier molecular flexibility index (Phi) is 4.48. The molecule has 0 aliphatic carbocycles. The van der Waals surface area contributed by atoms with Crippen LogP contribution in [0.4, 0.5) is 11.4 Å². The maximum atomic E-state index is 12.6. The zero-order valence-corrected chi connectivity index (χ0v) is 14.3. The quantitative estimate of drug-likeness (QED) is 0.834. The van der Waals surface area contributed by atoms with Crippen LogP contribution in [0.25, 0.3) is 0 Å². The highest BCUT2D eigenvalue weighted by Gasteiger charge is 2.37. The Hall–Kier alpha value is -2.14. The van der Waals surface area contributed by atoms with E-state index in [1.54, 1.807) is 4.90 Å². The average Bonchev–Trinajstić information content (AvgIpc) is 2.91. The summed E-state index contributed by atoms with van der Waals surface area (Å²) in [5, 5.41) is 2.83. The summed E-state index contributed by atoms with van der Waals surface area (Å²) < 4.78 is 0.912. The van der Waals surface area contributed by atoms with Crippen molar-refractivity contribution < 1.29 is 9.59 Å². The third-order valence-corrected chi connectivity index (χ3v) is 4.45. The van der Waals surface area contributed by atoms with Gasteiger partial charge in [-0.3, -0.25) is 9.59 Å². The fourth-order valence-corrected chi connectivity index (χ4v) is 3.08. The van der Waals surface area contributed by atoms with Crippen molar-refractivity contribution in [2.45, 2.75) is 13.3 Å². The van der Waals surface area contributed by atoms with Gasteiger partial charge in [0, 0.05) is 22.4 Å². The Morgan fingerprint density at radius 3 is 2.65 bits per heavy atom. The van der Waals surface area contributed by atoms with Crippen LogP contribution >= 0.6 is 15.9 Å². The van der Waals surface area contributed by atoms with Crippen LogP contribution in [0, 0.1) is 12.8 Å². The summed E-state index contributed by atoms with van der Waals surface area (Å²) in [5.41, 5.74) is 2.66. The highest BCUT2D eigenvalue weighted by Crippen LogP contribution is 2.28. The first-order valence-corrected chi connectivity index (χ1v) is 8.28. The lowest BCUT2D eigenvalue weighted by molar-refractivity contribution is -0.129. The number of rotatable bonds is 3. The number of amides is 2. The number of nitrogens with zero attached hydrogens (tertiary/aromatic N) is 1. The molecule has 1 aliphatic rings. The normalized spacial score (nSPS) is 17.4. The lowest BCUT2D eigenvalue weighted by Crippen LogP contribution is -2.33. The van der Waals surface area contributed by atoms with E-state index in [9.17, 15) is 9.59 Å². The van der Waals surface area contributed by atoms with Gasteiger partial charge >= 0.3 is 0 Å². The van der Waals surface area contributed by atoms with Gasteiger partial charge in [-0.2, -0.15) is 0 Å². The maximum absolute atomic E-state index is 12.6. The van der Waals surface area contributed by atoms with Crippen molar-refractivity contribution >= 4 is 39.1 Å². The third kappa shape index (κ3) is 3.45. The van der Waals surface area contributed by atoms with E-state index in [1.807, 2.05) is 55.5 Å². The summed E-state index contributed by atoms with van der Waals surface area (Å²) in [4.78, 5) is 26.6. The average molecular weight is 373 g/mol. The maximum Gasteiger partial charge on any atom is 0.239 e. The first-order valence-electron chi connectivity index (χ1n) is 7.49. The summed E-state index contributed by atoms with van der Waals surface area (Å²) in [6, 6.07) is 15.1. The van der Waals surface area contributed by atoms with Crippen molar-refractivity contribution in [2.75, 3.05) is 16.8 Å². The summed E-state index contributed by atoms with van der Waals surface area (Å²) in [6.45, 7) is 2.54. The molecule has 5 heteroatoms. The molecule has 1 atom stereocenters. The predicted molar refractivity (Wildman–Crippen MR) is 94.4 cm³/mol. The molecule has 0 unspecified atom stereocenters. The number of anilines is 2. The van der Waals surface area contributed by atoms with E-state index in [2.05, 4.69) is 21.2 Å². The summed E-state index contributed by atoms with van der Waals surface area (Å²) in [5.74, 6) is -1.01. The van der Waals surface area contributed by atoms with Crippen molar-refractivity contribution in [1.82, 2.24) is 0 Å². The van der Waals surface area contributed by atoms with Gasteiger partial charge in [-0.25, -0.2) is 0 Å². The molecule has 1 N–H and O–H groups in total. The molecule has 0 bridgehead atoms. The molecule has 0 spiro atoms. The molecule has 3 rings (SSSR count). The molecule has 1 heterocycles. The van der Waals surface area contributed by atoms with Gasteiger partial charge in [0.15, 0.2) is 0 Å². The van der Waals surface area contributed by atoms with E-state index in [4.69, 9.17) is 0 Å². The zero-order chi connectivity index (χ0) is 16.4. The van der Waals surface area contributed by atoms with Gasteiger partial charge in [-0.15, -0.1) is 0 Å². The van der Waals surface area contributed by atoms with Gasteiger partial charge in [-0.05, 0) is 43.7 Å². The fraction of sp³-hybridized carbons (Fsp3) is 0.222. The zero-order valence-electron chi connectivity index (χ0n) is 12.8. The summed E-state index contributed by atoms with van der Waals surface area (Å²) in [7, 11) is 0. The molecule has 118 valence electrons. The van der Waals surface area contributed by atoms with Crippen LogP contribution in [0.1, 0.15) is 12.0 Å². The lowest BCUT2D eigenvalue weighted by atomic mass is 10.1. The van der Waals surface area contributed by atoms with E-state index in [0.717, 1.165) is 15.7 Å². The van der Waals surface area contributed by atoms with Gasteiger partial charge in [0.2, 0.25) is 11.8 Å². The Labute approximate surface area is 143 Å². The number of halogens is 1. The Balaban J connectivity index is 1.71. The molecule has 2 aromatic rings. The van der Waals surface area contributed by atoms with Crippen molar-refractivity contribution in [2.24, 2.45) is 5.92 Å². The van der Waals surface area contributed by atoms with Crippen LogP contribution < -0.4 is 10.2 Å². The minimum Gasteiger partial charge on any atom is -0.325 e. The van der Waals surface area contributed by atoms with Crippen LogP contribution in [-0.4, -0.2) is 18.4 Å². The Morgan fingerprint density at radius 2 is 1.96 bits per heavy atom. The largest absolute Gasteiger partial charge is 0.325 e. The predicted octanol–water partition coefficient (Wildman–Crippen LogP) is 3.75. The molecule has 4 nitrogen and oxygen atoms in total. The molecule has 23 heavy (non-hydrogen) atoms. The van der Waals surface area contributed by atoms with Crippen molar-refractivity contribution in [3.8, 4) is 0 Å². The number of nitrogens with one attached hydrogen (secondary N) is 1. The molecular formula is C18H17BrN2O2. The van der Waals surface area contributed by atoms with Crippen molar-refractivity contribution in [3.05, 3.63) is 58.6 Å². The second kappa shape index (κ2) is 6.54. The van der Waals surface area contributed by atoms with E-state index < -0.39 is 5.92 Å². The number of aryl methyl sites for hydroxylation is 1. The monoisotopic (exact) mass is 372 g/mol. The highest BCUT2D eigenvalue weighted by molar-refractivity contribution is 9.10. The number of carbonyl (C=O) groups excluding carboxylic acids is 2. The number of hydrogen-bond acceptors (Lipinski definition) is 2.